The van der Waals surface area contributed by atoms with Crippen molar-refractivity contribution in [2.24, 2.45) is 0 Å². The SMILES string of the molecule is C#Cc1c(-c2cnc3ccccc3c2)c2c(N)ncnc2n1C12CCC(NC(=O)[C@@H]3CCCCO3)(CC1)C2. The number of benzene rings is 1. The number of amides is 1. The predicted molar refractivity (Wildman–Crippen MR) is 146 cm³/mol. The van der Waals surface area contributed by atoms with Crippen LogP contribution < -0.4 is 11.1 Å². The summed E-state index contributed by atoms with van der Waals surface area (Å²) in [7, 11) is 0. The molecule has 1 saturated heterocycles. The summed E-state index contributed by atoms with van der Waals surface area (Å²) in [6, 6.07) is 10.1. The van der Waals surface area contributed by atoms with Crippen LogP contribution in [0.15, 0.2) is 42.9 Å². The Morgan fingerprint density at radius 2 is 2.00 bits per heavy atom. The van der Waals surface area contributed by atoms with Crippen molar-refractivity contribution in [1.29, 1.82) is 0 Å². The number of nitrogen functional groups attached to an aromatic ring is 1. The van der Waals surface area contributed by atoms with Gasteiger partial charge in [0.05, 0.1) is 10.9 Å². The quantitative estimate of drug-likeness (QED) is 0.400. The molecule has 7 rings (SSSR count). The molecule has 0 unspecified atom stereocenters. The van der Waals surface area contributed by atoms with Crippen molar-refractivity contribution in [2.75, 3.05) is 12.3 Å². The van der Waals surface area contributed by atoms with Crippen LogP contribution in [-0.4, -0.2) is 43.7 Å². The summed E-state index contributed by atoms with van der Waals surface area (Å²) < 4.78 is 8.00. The van der Waals surface area contributed by atoms with Crippen molar-refractivity contribution in [3.63, 3.8) is 0 Å². The largest absolute Gasteiger partial charge is 0.383 e. The van der Waals surface area contributed by atoms with Gasteiger partial charge in [0.15, 0.2) is 0 Å². The lowest BCUT2D eigenvalue weighted by atomic mass is 9.90. The van der Waals surface area contributed by atoms with Gasteiger partial charge >= 0.3 is 0 Å². The number of carbonyl (C=O) groups excluding carboxylic acids is 1. The number of anilines is 1. The first-order chi connectivity index (χ1) is 18.5. The van der Waals surface area contributed by atoms with E-state index < -0.39 is 0 Å². The molecule has 3 fully saturated rings. The van der Waals surface area contributed by atoms with Gasteiger partial charge in [0.25, 0.3) is 0 Å². The fourth-order valence-electron chi connectivity index (χ4n) is 7.16. The molecule has 1 amide bonds. The number of ether oxygens (including phenoxy) is 1. The molecule has 3 aliphatic rings. The van der Waals surface area contributed by atoms with E-state index in [-0.39, 0.29) is 23.1 Å². The number of pyridine rings is 1. The molecule has 2 aliphatic carbocycles. The Morgan fingerprint density at radius 3 is 2.79 bits per heavy atom. The molecule has 8 nitrogen and oxygen atoms in total. The third-order valence-electron chi connectivity index (χ3n) is 8.93. The number of para-hydroxylation sites is 1. The molecule has 4 aromatic rings. The highest BCUT2D eigenvalue weighted by atomic mass is 16.5. The van der Waals surface area contributed by atoms with Gasteiger partial charge in [-0.2, -0.15) is 0 Å². The number of hydrogen-bond donors (Lipinski definition) is 2. The molecule has 3 aromatic heterocycles. The van der Waals surface area contributed by atoms with Gasteiger partial charge in [0.2, 0.25) is 5.91 Å². The predicted octanol–water partition coefficient (Wildman–Crippen LogP) is 4.31. The monoisotopic (exact) mass is 506 g/mol. The van der Waals surface area contributed by atoms with Gasteiger partial charge in [-0.05, 0) is 63.5 Å². The van der Waals surface area contributed by atoms with E-state index in [0.717, 1.165) is 90.1 Å². The molecule has 4 heterocycles. The highest BCUT2D eigenvalue weighted by molar-refractivity contribution is 6.04. The Labute approximate surface area is 221 Å². The molecule has 8 heteroatoms. The second-order valence-electron chi connectivity index (χ2n) is 11.1. The minimum atomic E-state index is -0.345. The number of nitrogens with two attached hydrogens (primary N) is 1. The van der Waals surface area contributed by atoms with Gasteiger partial charge in [0, 0.05) is 40.4 Å². The van der Waals surface area contributed by atoms with E-state index in [1.165, 1.54) is 6.33 Å². The highest BCUT2D eigenvalue weighted by Gasteiger charge is 2.57. The Bertz CT molecular complexity index is 1620. The molecule has 1 aromatic carbocycles. The van der Waals surface area contributed by atoms with Crippen LogP contribution in [-0.2, 0) is 15.1 Å². The molecule has 0 radical (unpaired) electrons. The minimum absolute atomic E-state index is 0.0198. The summed E-state index contributed by atoms with van der Waals surface area (Å²) in [5, 5.41) is 5.19. The van der Waals surface area contributed by atoms with Crippen LogP contribution in [0.5, 0.6) is 0 Å². The number of nitrogens with zero attached hydrogens (tertiary/aromatic N) is 4. The second kappa shape index (κ2) is 8.53. The normalized spacial score (nSPS) is 26.6. The molecular formula is C30H30N6O2. The molecule has 0 spiro atoms. The van der Waals surface area contributed by atoms with Crippen LogP contribution in [0.4, 0.5) is 5.82 Å². The first-order valence-electron chi connectivity index (χ1n) is 13.4. The van der Waals surface area contributed by atoms with Crippen molar-refractivity contribution in [1.82, 2.24) is 24.8 Å². The lowest BCUT2D eigenvalue weighted by molar-refractivity contribution is -0.137. The average Bonchev–Trinajstić information content (AvgIpc) is 3.62. The van der Waals surface area contributed by atoms with E-state index in [1.54, 1.807) is 0 Å². The van der Waals surface area contributed by atoms with Crippen LogP contribution in [0.1, 0.15) is 57.1 Å². The number of hydrogen-bond acceptors (Lipinski definition) is 6. The molecule has 3 N–H and O–H groups in total. The van der Waals surface area contributed by atoms with Gasteiger partial charge < -0.3 is 20.4 Å². The molecule has 38 heavy (non-hydrogen) atoms. The van der Waals surface area contributed by atoms with Crippen LogP contribution >= 0.6 is 0 Å². The summed E-state index contributed by atoms with van der Waals surface area (Å²) in [6.07, 6.45) is 16.5. The zero-order chi connectivity index (χ0) is 25.9. The van der Waals surface area contributed by atoms with Gasteiger partial charge in [-0.15, -0.1) is 6.42 Å². The van der Waals surface area contributed by atoms with Crippen molar-refractivity contribution in [2.45, 2.75) is 68.5 Å². The maximum Gasteiger partial charge on any atom is 0.249 e. The number of fused-ring (bicyclic) bond motifs is 4. The zero-order valence-electron chi connectivity index (χ0n) is 21.2. The van der Waals surface area contributed by atoms with E-state index in [9.17, 15) is 4.79 Å². The van der Waals surface area contributed by atoms with Gasteiger partial charge in [-0.25, -0.2) is 9.97 Å². The Hall–Kier alpha value is -3.96. The molecular weight excluding hydrogens is 476 g/mol. The summed E-state index contributed by atoms with van der Waals surface area (Å²) in [6.45, 7) is 0.656. The van der Waals surface area contributed by atoms with Gasteiger partial charge in [0.1, 0.15) is 29.6 Å². The second-order valence-corrected chi connectivity index (χ2v) is 11.1. The smallest absolute Gasteiger partial charge is 0.249 e. The average molecular weight is 507 g/mol. The summed E-state index contributed by atoms with van der Waals surface area (Å²) in [5.41, 5.74) is 10.1. The third kappa shape index (κ3) is 3.42. The number of aromatic nitrogens is 4. The first-order valence-corrected chi connectivity index (χ1v) is 13.4. The van der Waals surface area contributed by atoms with E-state index in [4.69, 9.17) is 26.9 Å². The maximum atomic E-state index is 13.1. The Morgan fingerprint density at radius 1 is 1.16 bits per heavy atom. The fraction of sp³-hybridized carbons (Fsp3) is 0.400. The first kappa shape index (κ1) is 23.2. The van der Waals surface area contributed by atoms with Crippen LogP contribution in [0, 0.1) is 12.3 Å². The summed E-state index contributed by atoms with van der Waals surface area (Å²) in [5.74, 6) is 3.41. The topological polar surface area (TPSA) is 108 Å². The van der Waals surface area contributed by atoms with Crippen molar-refractivity contribution < 1.29 is 9.53 Å². The molecule has 192 valence electrons. The number of carbonyl (C=O) groups is 1. The van der Waals surface area contributed by atoms with Crippen molar-refractivity contribution >= 4 is 33.7 Å². The molecule has 1 aliphatic heterocycles. The highest BCUT2D eigenvalue weighted by Crippen LogP contribution is 2.57. The van der Waals surface area contributed by atoms with Crippen LogP contribution in [0.2, 0.25) is 0 Å². The Kier molecular flexibility index (Phi) is 5.21. The maximum absolute atomic E-state index is 13.1. The van der Waals surface area contributed by atoms with E-state index in [1.807, 2.05) is 30.5 Å². The fourth-order valence-corrected chi connectivity index (χ4v) is 7.16. The van der Waals surface area contributed by atoms with Crippen LogP contribution in [0.25, 0.3) is 33.1 Å². The lowest BCUT2D eigenvalue weighted by Gasteiger charge is -2.31. The molecule has 2 saturated carbocycles. The van der Waals surface area contributed by atoms with Crippen molar-refractivity contribution in [3.8, 4) is 23.5 Å². The minimum Gasteiger partial charge on any atom is -0.383 e. The number of nitrogens with one attached hydrogen (secondary N) is 1. The van der Waals surface area contributed by atoms with E-state index in [2.05, 4.69) is 26.9 Å². The molecule has 2 bridgehead atoms. The Balaban J connectivity index is 1.34. The standard InChI is InChI=1S/C30H30N6O2/c1-2-22-24(20-15-19-7-3-4-8-21(19)32-16-20)25-26(31)33-18-34-27(25)36(22)30-12-10-29(17-30,11-13-30)35-28(37)23-9-5-6-14-38-23/h1,3-4,7-8,15-16,18,23H,5-6,9-14,17H2,(H,35,37)(H2,31,33,34)/t23-,29?,30?/m0/s1. The van der Waals surface area contributed by atoms with Crippen LogP contribution in [0.3, 0.4) is 0 Å². The lowest BCUT2D eigenvalue weighted by Crippen LogP contribution is -2.50. The van der Waals surface area contributed by atoms with E-state index in [0.29, 0.717) is 12.4 Å². The third-order valence-corrected chi connectivity index (χ3v) is 8.93. The van der Waals surface area contributed by atoms with E-state index >= 15 is 0 Å². The van der Waals surface area contributed by atoms with Gasteiger partial charge in [-0.1, -0.05) is 24.1 Å². The van der Waals surface area contributed by atoms with Crippen molar-refractivity contribution in [3.05, 3.63) is 48.5 Å². The summed E-state index contributed by atoms with van der Waals surface area (Å²) >= 11 is 0. The zero-order valence-corrected chi connectivity index (χ0v) is 21.2. The number of rotatable bonds is 4. The summed E-state index contributed by atoms with van der Waals surface area (Å²) in [4.78, 5) is 26.9. The van der Waals surface area contributed by atoms with Gasteiger partial charge in [-0.3, -0.25) is 9.78 Å². The number of terminal acetylenes is 1. The molecule has 1 atom stereocenters.